The molecule has 0 radical (unpaired) electrons. The summed E-state index contributed by atoms with van der Waals surface area (Å²) >= 11 is 0. The molecule has 0 aromatic rings. The molecule has 0 rings (SSSR count). The summed E-state index contributed by atoms with van der Waals surface area (Å²) in [5.74, 6) is 0.287. The smallest absolute Gasteiger partial charge is 0.0457 e. The fraction of sp³-hybridized carbons (Fsp3) is 1.00. The molecule has 0 aliphatic carbocycles. The van der Waals surface area contributed by atoms with Crippen LogP contribution in [0.2, 0.25) is 0 Å². The van der Waals surface area contributed by atoms with E-state index in [1.54, 1.807) is 0 Å². The quantitative estimate of drug-likeness (QED) is 0.456. The highest BCUT2D eigenvalue weighted by Gasteiger charge is 1.96. The van der Waals surface area contributed by atoms with Crippen molar-refractivity contribution in [1.82, 2.24) is 5.48 Å². The van der Waals surface area contributed by atoms with E-state index in [0.29, 0.717) is 6.54 Å². The van der Waals surface area contributed by atoms with Crippen molar-refractivity contribution >= 4 is 0 Å². The van der Waals surface area contributed by atoms with E-state index in [0.717, 1.165) is 6.42 Å². The second kappa shape index (κ2) is 5.03. The molecule has 1 atom stereocenters. The van der Waals surface area contributed by atoms with Crippen LogP contribution in [0, 0.1) is 5.92 Å². The Morgan fingerprint density at radius 2 is 2.25 bits per heavy atom. The standard InChI is InChI=1S/C5H13NO2/c1-5(4-7)2-3-6-8/h5-8H,2-4H2,1H3. The van der Waals surface area contributed by atoms with Crippen molar-refractivity contribution in [3.8, 4) is 0 Å². The Hall–Kier alpha value is -0.120. The van der Waals surface area contributed by atoms with Crippen LogP contribution in [0.15, 0.2) is 0 Å². The van der Waals surface area contributed by atoms with Crippen LogP contribution >= 0.6 is 0 Å². The molecule has 0 aliphatic rings. The summed E-state index contributed by atoms with van der Waals surface area (Å²) < 4.78 is 0. The highest BCUT2D eigenvalue weighted by molar-refractivity contribution is 4.48. The van der Waals surface area contributed by atoms with Gasteiger partial charge in [-0.1, -0.05) is 6.92 Å². The first-order valence-corrected chi connectivity index (χ1v) is 2.79. The van der Waals surface area contributed by atoms with Crippen molar-refractivity contribution in [1.29, 1.82) is 0 Å². The molecule has 8 heavy (non-hydrogen) atoms. The third-order valence-corrected chi connectivity index (χ3v) is 1.06. The third-order valence-electron chi connectivity index (χ3n) is 1.06. The number of hydrogen-bond donors (Lipinski definition) is 3. The van der Waals surface area contributed by atoms with Crippen LogP contribution in [0.1, 0.15) is 13.3 Å². The van der Waals surface area contributed by atoms with Crippen molar-refractivity contribution < 1.29 is 10.3 Å². The molecule has 0 heterocycles. The van der Waals surface area contributed by atoms with Crippen LogP contribution in [0.25, 0.3) is 0 Å². The highest BCUT2D eigenvalue weighted by Crippen LogP contribution is 1.96. The maximum Gasteiger partial charge on any atom is 0.0457 e. The molecule has 0 saturated heterocycles. The molecule has 1 unspecified atom stereocenters. The van der Waals surface area contributed by atoms with Crippen molar-refractivity contribution in [3.05, 3.63) is 0 Å². The zero-order valence-corrected chi connectivity index (χ0v) is 5.09. The van der Waals surface area contributed by atoms with Gasteiger partial charge in [0.2, 0.25) is 0 Å². The molecule has 3 N–H and O–H groups in total. The minimum Gasteiger partial charge on any atom is -0.396 e. The summed E-state index contributed by atoms with van der Waals surface area (Å²) in [5, 5.41) is 16.5. The summed E-state index contributed by atoms with van der Waals surface area (Å²) in [6.45, 7) is 2.68. The Morgan fingerprint density at radius 3 is 2.62 bits per heavy atom. The molecule has 0 aromatic carbocycles. The normalized spacial score (nSPS) is 13.9. The van der Waals surface area contributed by atoms with E-state index in [9.17, 15) is 0 Å². The maximum atomic E-state index is 8.45. The SMILES string of the molecule is CC(CO)CCNO. The molecule has 0 saturated carbocycles. The predicted octanol–water partition coefficient (Wildman–Crippen LogP) is -0.0163. The van der Waals surface area contributed by atoms with E-state index in [4.69, 9.17) is 10.3 Å². The minimum absolute atomic E-state index is 0.196. The van der Waals surface area contributed by atoms with E-state index in [-0.39, 0.29) is 12.5 Å². The fourth-order valence-electron chi connectivity index (χ4n) is 0.402. The molecule has 0 spiro atoms. The van der Waals surface area contributed by atoms with Gasteiger partial charge in [0.15, 0.2) is 0 Å². The third kappa shape index (κ3) is 4.05. The van der Waals surface area contributed by atoms with Gasteiger partial charge in [-0.2, -0.15) is 0 Å². The summed E-state index contributed by atoms with van der Waals surface area (Å²) in [7, 11) is 0. The average Bonchev–Trinajstić information content (AvgIpc) is 1.83. The second-order valence-electron chi connectivity index (χ2n) is 1.98. The van der Waals surface area contributed by atoms with Crippen LogP contribution in [0.3, 0.4) is 0 Å². The molecule has 0 fully saturated rings. The summed E-state index contributed by atoms with van der Waals surface area (Å²) in [6, 6.07) is 0. The minimum atomic E-state index is 0.196. The van der Waals surface area contributed by atoms with E-state index >= 15 is 0 Å². The number of hydroxylamine groups is 1. The van der Waals surface area contributed by atoms with Gasteiger partial charge in [0.05, 0.1) is 0 Å². The van der Waals surface area contributed by atoms with Gasteiger partial charge in [-0.05, 0) is 12.3 Å². The number of rotatable bonds is 4. The van der Waals surface area contributed by atoms with Crippen LogP contribution in [0.4, 0.5) is 0 Å². The molecule has 0 amide bonds. The summed E-state index contributed by atoms with van der Waals surface area (Å²) in [6.07, 6.45) is 0.812. The topological polar surface area (TPSA) is 52.5 Å². The Kier molecular flexibility index (Phi) is 4.95. The lowest BCUT2D eigenvalue weighted by atomic mass is 10.1. The zero-order valence-electron chi connectivity index (χ0n) is 5.09. The first kappa shape index (κ1) is 7.88. The van der Waals surface area contributed by atoms with Gasteiger partial charge in [0, 0.05) is 13.2 Å². The number of nitrogens with one attached hydrogen (secondary N) is 1. The molecule has 50 valence electrons. The Labute approximate surface area is 49.3 Å². The number of aliphatic hydroxyl groups excluding tert-OH is 1. The van der Waals surface area contributed by atoms with Crippen molar-refractivity contribution in [2.24, 2.45) is 5.92 Å². The lowest BCUT2D eigenvalue weighted by Gasteiger charge is -2.03. The molecule has 0 bridgehead atoms. The fourth-order valence-corrected chi connectivity index (χ4v) is 0.402. The first-order valence-electron chi connectivity index (χ1n) is 2.79. The van der Waals surface area contributed by atoms with Gasteiger partial charge in [0.25, 0.3) is 0 Å². The number of hydrogen-bond acceptors (Lipinski definition) is 3. The number of aliphatic hydroxyl groups is 1. The van der Waals surface area contributed by atoms with E-state index in [2.05, 4.69) is 0 Å². The van der Waals surface area contributed by atoms with Crippen LogP contribution < -0.4 is 5.48 Å². The van der Waals surface area contributed by atoms with Crippen LogP contribution in [-0.2, 0) is 0 Å². The lowest BCUT2D eigenvalue weighted by Crippen LogP contribution is -2.13. The first-order chi connectivity index (χ1) is 3.81. The van der Waals surface area contributed by atoms with Crippen molar-refractivity contribution in [2.75, 3.05) is 13.2 Å². The zero-order chi connectivity index (χ0) is 6.41. The highest BCUT2D eigenvalue weighted by atomic mass is 16.5. The summed E-state index contributed by atoms with van der Waals surface area (Å²) in [5.41, 5.74) is 2.02. The Balaban J connectivity index is 2.86. The molecule has 3 heteroatoms. The van der Waals surface area contributed by atoms with Crippen molar-refractivity contribution in [2.45, 2.75) is 13.3 Å². The molecule has 3 nitrogen and oxygen atoms in total. The van der Waals surface area contributed by atoms with Crippen molar-refractivity contribution in [3.63, 3.8) is 0 Å². The van der Waals surface area contributed by atoms with E-state index in [1.165, 1.54) is 0 Å². The van der Waals surface area contributed by atoms with Crippen LogP contribution in [-0.4, -0.2) is 23.5 Å². The summed E-state index contributed by atoms with van der Waals surface area (Å²) in [4.78, 5) is 0. The van der Waals surface area contributed by atoms with Gasteiger partial charge in [0.1, 0.15) is 0 Å². The van der Waals surface area contributed by atoms with Gasteiger partial charge < -0.3 is 10.3 Å². The Bertz CT molecular complexity index is 49.7. The largest absolute Gasteiger partial charge is 0.396 e. The van der Waals surface area contributed by atoms with E-state index in [1.807, 2.05) is 12.4 Å². The predicted molar refractivity (Wildman–Crippen MR) is 30.7 cm³/mol. The van der Waals surface area contributed by atoms with Gasteiger partial charge >= 0.3 is 0 Å². The van der Waals surface area contributed by atoms with Gasteiger partial charge in [-0.25, -0.2) is 5.48 Å². The molecule has 0 aliphatic heterocycles. The van der Waals surface area contributed by atoms with E-state index < -0.39 is 0 Å². The molecular weight excluding hydrogens is 106 g/mol. The van der Waals surface area contributed by atoms with Crippen LogP contribution in [0.5, 0.6) is 0 Å². The second-order valence-corrected chi connectivity index (χ2v) is 1.98. The Morgan fingerprint density at radius 1 is 1.62 bits per heavy atom. The maximum absolute atomic E-state index is 8.45. The molecular formula is C5H13NO2. The average molecular weight is 119 g/mol. The lowest BCUT2D eigenvalue weighted by molar-refractivity contribution is 0.150. The van der Waals surface area contributed by atoms with Gasteiger partial charge in [-0.3, -0.25) is 0 Å². The van der Waals surface area contributed by atoms with Gasteiger partial charge in [-0.15, -0.1) is 0 Å². The monoisotopic (exact) mass is 119 g/mol. The molecule has 0 aromatic heterocycles.